The van der Waals surface area contributed by atoms with E-state index in [0.29, 0.717) is 18.1 Å². The Balaban J connectivity index is 1.75. The zero-order chi connectivity index (χ0) is 15.6. The molecule has 0 spiro atoms. The monoisotopic (exact) mass is 309 g/mol. The molecule has 2 aromatic rings. The van der Waals surface area contributed by atoms with Gasteiger partial charge in [-0.05, 0) is 12.1 Å². The Morgan fingerprint density at radius 1 is 1.05 bits per heavy atom. The predicted molar refractivity (Wildman–Crippen MR) is 75.5 cm³/mol. The molecule has 1 aromatic carbocycles. The number of hydrogen-bond donors (Lipinski definition) is 0. The quantitative estimate of drug-likeness (QED) is 0.855. The van der Waals surface area contributed by atoms with E-state index in [1.165, 1.54) is 0 Å². The number of benzene rings is 1. The Morgan fingerprint density at radius 2 is 1.82 bits per heavy atom. The highest BCUT2D eigenvalue weighted by Crippen LogP contribution is 2.27. The van der Waals surface area contributed by atoms with Crippen LogP contribution in [0, 0.1) is 0 Å². The van der Waals surface area contributed by atoms with E-state index in [2.05, 4.69) is 10.2 Å². The number of halogens is 3. The number of anilines is 1. The third-order valence-electron chi connectivity index (χ3n) is 3.48. The fourth-order valence-electron chi connectivity index (χ4n) is 2.31. The molecule has 0 amide bonds. The number of ether oxygens (including phenoxy) is 1. The summed E-state index contributed by atoms with van der Waals surface area (Å²) in [4.78, 5) is 1.55. The average Bonchev–Trinajstić information content (AvgIpc) is 2.55. The number of hydrogen-bond acceptors (Lipinski definition) is 4. The van der Waals surface area contributed by atoms with Gasteiger partial charge in [-0.1, -0.05) is 30.3 Å². The highest BCUT2D eigenvalue weighted by atomic mass is 19.4. The maximum Gasteiger partial charge on any atom is 0.416 e. The first-order valence-corrected chi connectivity index (χ1v) is 6.86. The molecular weight excluding hydrogens is 295 g/mol. The van der Waals surface area contributed by atoms with Crippen LogP contribution in [0.5, 0.6) is 0 Å². The van der Waals surface area contributed by atoms with Crippen molar-refractivity contribution >= 4 is 5.82 Å². The van der Waals surface area contributed by atoms with Crippen LogP contribution < -0.4 is 4.90 Å². The molecule has 1 saturated heterocycles. The molecule has 116 valence electrons. The minimum Gasteiger partial charge on any atom is -0.365 e. The van der Waals surface area contributed by atoms with Gasteiger partial charge in [0.15, 0.2) is 11.9 Å². The zero-order valence-corrected chi connectivity index (χ0v) is 11.6. The molecule has 0 N–H and O–H groups in total. The van der Waals surface area contributed by atoms with Crippen molar-refractivity contribution in [1.82, 2.24) is 10.2 Å². The molecule has 1 atom stereocenters. The van der Waals surface area contributed by atoms with Crippen LogP contribution in [0.25, 0.3) is 11.3 Å². The molecule has 0 saturated carbocycles. The maximum absolute atomic E-state index is 12.7. The largest absolute Gasteiger partial charge is 0.416 e. The van der Waals surface area contributed by atoms with Gasteiger partial charge in [-0.15, -0.1) is 10.2 Å². The van der Waals surface area contributed by atoms with E-state index in [0.717, 1.165) is 5.56 Å². The minimum atomic E-state index is -4.37. The van der Waals surface area contributed by atoms with Crippen molar-refractivity contribution < 1.29 is 17.9 Å². The van der Waals surface area contributed by atoms with Crippen LogP contribution in [0.4, 0.5) is 19.0 Å². The minimum absolute atomic E-state index is 0.0201. The van der Waals surface area contributed by atoms with E-state index in [-0.39, 0.29) is 13.2 Å². The molecule has 0 aliphatic carbocycles. The number of nitrogens with zero attached hydrogens (tertiary/aromatic N) is 3. The molecular formula is C15H14F3N3O. The second kappa shape index (κ2) is 5.92. The van der Waals surface area contributed by atoms with Crippen molar-refractivity contribution in [2.75, 3.05) is 24.6 Å². The molecule has 4 nitrogen and oxygen atoms in total. The Labute approximate surface area is 125 Å². The van der Waals surface area contributed by atoms with Crippen LogP contribution in [-0.4, -0.2) is 42.2 Å². The SMILES string of the molecule is FC(F)(F)C1CN(c2ccc(-c3ccccc3)nn2)CCO1. The Morgan fingerprint density at radius 3 is 2.45 bits per heavy atom. The number of alkyl halides is 3. The molecule has 7 heteroatoms. The van der Waals surface area contributed by atoms with E-state index in [1.807, 2.05) is 30.3 Å². The first-order valence-electron chi connectivity index (χ1n) is 6.86. The van der Waals surface area contributed by atoms with Crippen LogP contribution in [0.2, 0.25) is 0 Å². The van der Waals surface area contributed by atoms with E-state index < -0.39 is 12.3 Å². The van der Waals surface area contributed by atoms with Gasteiger partial charge in [0.1, 0.15) is 0 Å². The molecule has 1 fully saturated rings. The molecule has 1 aromatic heterocycles. The van der Waals surface area contributed by atoms with Gasteiger partial charge in [0.2, 0.25) is 0 Å². The van der Waals surface area contributed by atoms with E-state index in [1.54, 1.807) is 17.0 Å². The topological polar surface area (TPSA) is 38.2 Å². The molecule has 1 aliphatic rings. The van der Waals surface area contributed by atoms with Crippen molar-refractivity contribution in [2.24, 2.45) is 0 Å². The molecule has 3 rings (SSSR count). The first-order chi connectivity index (χ1) is 10.5. The van der Waals surface area contributed by atoms with E-state index in [9.17, 15) is 13.2 Å². The molecule has 0 bridgehead atoms. The summed E-state index contributed by atoms with van der Waals surface area (Å²) in [6.07, 6.45) is -6.15. The summed E-state index contributed by atoms with van der Waals surface area (Å²) in [6.45, 7) is 0.126. The van der Waals surface area contributed by atoms with Gasteiger partial charge in [0.25, 0.3) is 0 Å². The van der Waals surface area contributed by atoms with Gasteiger partial charge in [0.05, 0.1) is 18.8 Å². The molecule has 1 unspecified atom stereocenters. The predicted octanol–water partition coefficient (Wildman–Crippen LogP) is 2.91. The summed E-state index contributed by atoms with van der Waals surface area (Å²) in [5, 5.41) is 8.15. The van der Waals surface area contributed by atoms with Crippen LogP contribution in [-0.2, 0) is 4.74 Å². The highest BCUT2D eigenvalue weighted by molar-refractivity contribution is 5.59. The van der Waals surface area contributed by atoms with Crippen LogP contribution in [0.15, 0.2) is 42.5 Å². The summed E-state index contributed by atoms with van der Waals surface area (Å²) in [7, 11) is 0. The van der Waals surface area contributed by atoms with Gasteiger partial charge in [0, 0.05) is 12.1 Å². The van der Waals surface area contributed by atoms with Gasteiger partial charge in [-0.2, -0.15) is 13.2 Å². The molecule has 2 heterocycles. The lowest BCUT2D eigenvalue weighted by atomic mass is 10.1. The van der Waals surface area contributed by atoms with Gasteiger partial charge < -0.3 is 9.64 Å². The van der Waals surface area contributed by atoms with Crippen molar-refractivity contribution in [3.63, 3.8) is 0 Å². The number of morpholine rings is 1. The Kier molecular flexibility index (Phi) is 3.98. The summed E-state index contributed by atoms with van der Waals surface area (Å²) >= 11 is 0. The lowest BCUT2D eigenvalue weighted by Gasteiger charge is -2.34. The Hall–Kier alpha value is -2.15. The smallest absolute Gasteiger partial charge is 0.365 e. The fourth-order valence-corrected chi connectivity index (χ4v) is 2.31. The number of aromatic nitrogens is 2. The first kappa shape index (κ1) is 14.8. The lowest BCUT2D eigenvalue weighted by molar-refractivity contribution is -0.221. The van der Waals surface area contributed by atoms with Gasteiger partial charge >= 0.3 is 6.18 Å². The average molecular weight is 309 g/mol. The molecule has 0 radical (unpaired) electrons. The van der Waals surface area contributed by atoms with Crippen molar-refractivity contribution in [1.29, 1.82) is 0 Å². The van der Waals surface area contributed by atoms with Crippen LogP contribution in [0.1, 0.15) is 0 Å². The Bertz CT molecular complexity index is 616. The van der Waals surface area contributed by atoms with Gasteiger partial charge in [-0.25, -0.2) is 0 Å². The number of rotatable bonds is 2. The van der Waals surface area contributed by atoms with Crippen molar-refractivity contribution in [2.45, 2.75) is 12.3 Å². The normalized spacial score (nSPS) is 19.2. The lowest BCUT2D eigenvalue weighted by Crippen LogP contribution is -2.49. The standard InChI is InChI=1S/C15H14F3N3O/c16-15(17,18)13-10-21(8-9-22-13)14-7-6-12(19-20-14)11-4-2-1-3-5-11/h1-7,13H,8-10H2. The second-order valence-corrected chi connectivity index (χ2v) is 4.99. The summed E-state index contributed by atoms with van der Waals surface area (Å²) in [6, 6.07) is 12.9. The molecule has 1 aliphatic heterocycles. The zero-order valence-electron chi connectivity index (χ0n) is 11.6. The highest BCUT2D eigenvalue weighted by Gasteiger charge is 2.43. The molecule has 22 heavy (non-hydrogen) atoms. The van der Waals surface area contributed by atoms with Crippen molar-refractivity contribution in [3.8, 4) is 11.3 Å². The van der Waals surface area contributed by atoms with Crippen molar-refractivity contribution in [3.05, 3.63) is 42.5 Å². The van der Waals surface area contributed by atoms with Crippen LogP contribution in [0.3, 0.4) is 0 Å². The fraction of sp³-hybridized carbons (Fsp3) is 0.333. The van der Waals surface area contributed by atoms with Gasteiger partial charge in [-0.3, -0.25) is 0 Å². The summed E-state index contributed by atoms with van der Waals surface area (Å²) in [5.41, 5.74) is 1.60. The third kappa shape index (κ3) is 3.19. The maximum atomic E-state index is 12.7. The van der Waals surface area contributed by atoms with E-state index in [4.69, 9.17) is 4.74 Å². The third-order valence-corrected chi connectivity index (χ3v) is 3.48. The second-order valence-electron chi connectivity index (χ2n) is 4.99. The summed E-state index contributed by atoms with van der Waals surface area (Å²) in [5.74, 6) is 0.428. The van der Waals surface area contributed by atoms with E-state index >= 15 is 0 Å². The summed E-state index contributed by atoms with van der Waals surface area (Å²) < 4.78 is 43.0. The van der Waals surface area contributed by atoms with Crippen LogP contribution >= 0.6 is 0 Å².